The largest absolute Gasteiger partial charge is 0.480 e. The summed E-state index contributed by atoms with van der Waals surface area (Å²) in [5.41, 5.74) is -1.27. The first kappa shape index (κ1) is 14.0. The third kappa shape index (κ3) is 2.38. The predicted octanol–water partition coefficient (Wildman–Crippen LogP) is 1.31. The van der Waals surface area contributed by atoms with E-state index in [0.29, 0.717) is 19.4 Å². The molecule has 1 saturated carbocycles. The zero-order valence-corrected chi connectivity index (χ0v) is 11.7. The average molecular weight is 267 g/mol. The third-order valence-electron chi connectivity index (χ3n) is 4.43. The minimum absolute atomic E-state index is 0.125. The van der Waals surface area contributed by atoms with Crippen molar-refractivity contribution in [2.75, 3.05) is 13.1 Å². The zero-order chi connectivity index (χ0) is 14.5. The topological polar surface area (TPSA) is 74.7 Å². The summed E-state index contributed by atoms with van der Waals surface area (Å²) in [5.74, 6) is -1.11. The fourth-order valence-electron chi connectivity index (χ4n) is 4.55. The average Bonchev–Trinajstić information content (AvgIpc) is 2.23. The second kappa shape index (κ2) is 4.05. The van der Waals surface area contributed by atoms with Gasteiger partial charge in [0.1, 0.15) is 12.8 Å². The highest BCUT2D eigenvalue weighted by atomic mass is 16.4. The van der Waals surface area contributed by atoms with Crippen LogP contribution in [0, 0.1) is 16.2 Å². The molecule has 19 heavy (non-hydrogen) atoms. The first-order valence-electron chi connectivity index (χ1n) is 6.59. The van der Waals surface area contributed by atoms with Gasteiger partial charge in [0.15, 0.2) is 0 Å². The fourth-order valence-corrected chi connectivity index (χ4v) is 4.55. The van der Waals surface area contributed by atoms with Gasteiger partial charge in [0, 0.05) is 17.4 Å². The van der Waals surface area contributed by atoms with Crippen molar-refractivity contribution >= 4 is 18.2 Å². The lowest BCUT2D eigenvalue weighted by atomic mass is 9.52. The lowest BCUT2D eigenvalue weighted by molar-refractivity contribution is -0.169. The maximum Gasteiger partial charge on any atom is 0.323 e. The molecule has 1 aliphatic heterocycles. The van der Waals surface area contributed by atoms with Gasteiger partial charge >= 0.3 is 5.97 Å². The minimum Gasteiger partial charge on any atom is -0.480 e. The van der Waals surface area contributed by atoms with Crippen LogP contribution in [0.5, 0.6) is 0 Å². The molecule has 2 bridgehead atoms. The first-order valence-corrected chi connectivity index (χ1v) is 6.59. The fraction of sp³-hybridized carbons (Fsp3) is 0.786. The normalized spacial score (nSPS) is 42.1. The molecule has 0 radical (unpaired) electrons. The van der Waals surface area contributed by atoms with Crippen LogP contribution < -0.4 is 0 Å². The third-order valence-corrected chi connectivity index (χ3v) is 4.43. The monoisotopic (exact) mass is 267 g/mol. The number of hydrogen-bond acceptors (Lipinski definition) is 3. The number of likely N-dealkylation sites (tertiary alicyclic amines) is 1. The Hall–Kier alpha value is -1.39. The van der Waals surface area contributed by atoms with Crippen molar-refractivity contribution in [3.05, 3.63) is 0 Å². The highest BCUT2D eigenvalue weighted by Gasteiger charge is 2.57. The van der Waals surface area contributed by atoms with E-state index in [0.717, 1.165) is 12.7 Å². The number of hydrogen-bond donors (Lipinski definition) is 1. The lowest BCUT2D eigenvalue weighted by Gasteiger charge is -2.56. The van der Waals surface area contributed by atoms with E-state index >= 15 is 0 Å². The molecule has 0 aromatic heterocycles. The van der Waals surface area contributed by atoms with Crippen LogP contribution in [0.25, 0.3) is 0 Å². The van der Waals surface area contributed by atoms with Crippen molar-refractivity contribution in [1.29, 1.82) is 0 Å². The molecular formula is C14H21NO4. The SMILES string of the molecule is CC1(C=O)CC2(C)CN(CC(=O)O)C(=O)C(C)(C1)C2. The van der Waals surface area contributed by atoms with Gasteiger partial charge in [0.25, 0.3) is 0 Å². The molecule has 1 N–H and O–H groups in total. The number of rotatable bonds is 3. The van der Waals surface area contributed by atoms with Crippen LogP contribution in [0.1, 0.15) is 40.0 Å². The summed E-state index contributed by atoms with van der Waals surface area (Å²) in [6.45, 7) is 5.99. The van der Waals surface area contributed by atoms with Gasteiger partial charge in [-0.15, -0.1) is 0 Å². The summed E-state index contributed by atoms with van der Waals surface area (Å²) in [6, 6.07) is 0. The van der Waals surface area contributed by atoms with Gasteiger partial charge in [-0.1, -0.05) is 20.8 Å². The number of carboxylic acids is 1. The molecule has 2 fully saturated rings. The second-order valence-electron chi connectivity index (χ2n) is 7.23. The van der Waals surface area contributed by atoms with Crippen LogP contribution in [-0.4, -0.2) is 41.3 Å². The molecule has 0 aromatic carbocycles. The van der Waals surface area contributed by atoms with Crippen molar-refractivity contribution in [2.45, 2.75) is 40.0 Å². The van der Waals surface area contributed by atoms with Gasteiger partial charge in [-0.25, -0.2) is 0 Å². The molecule has 1 heterocycles. The molecule has 3 unspecified atom stereocenters. The summed E-state index contributed by atoms with van der Waals surface area (Å²) in [4.78, 5) is 36.1. The van der Waals surface area contributed by atoms with Gasteiger partial charge in [0.05, 0.1) is 0 Å². The Morgan fingerprint density at radius 2 is 1.95 bits per heavy atom. The van der Waals surface area contributed by atoms with Crippen molar-refractivity contribution in [3.63, 3.8) is 0 Å². The summed E-state index contributed by atoms with van der Waals surface area (Å²) in [7, 11) is 0. The molecule has 5 heteroatoms. The molecule has 3 atom stereocenters. The summed E-state index contributed by atoms with van der Waals surface area (Å²) in [5, 5.41) is 8.91. The number of carbonyl (C=O) groups excluding carboxylic acids is 2. The van der Waals surface area contributed by atoms with E-state index in [2.05, 4.69) is 0 Å². The Balaban J connectivity index is 2.34. The molecule has 5 nitrogen and oxygen atoms in total. The Bertz CT molecular complexity index is 445. The predicted molar refractivity (Wildman–Crippen MR) is 68.5 cm³/mol. The molecule has 2 aliphatic rings. The van der Waals surface area contributed by atoms with Gasteiger partial charge in [-0.3, -0.25) is 9.59 Å². The summed E-state index contributed by atoms with van der Waals surface area (Å²) in [6.07, 6.45) is 2.91. The number of fused-ring (bicyclic) bond motifs is 2. The number of aliphatic carboxylic acids is 1. The van der Waals surface area contributed by atoms with E-state index in [4.69, 9.17) is 5.11 Å². The standard InChI is InChI=1S/C14H21NO4/c1-12-5-13(2,9-16)7-14(3,6-12)11(19)15(8-12)4-10(17)18/h9H,4-8H2,1-3H3,(H,17,18). The smallest absolute Gasteiger partial charge is 0.323 e. The molecule has 1 saturated heterocycles. The number of carbonyl (C=O) groups is 3. The van der Waals surface area contributed by atoms with Gasteiger partial charge in [-0.2, -0.15) is 0 Å². The van der Waals surface area contributed by atoms with Crippen molar-refractivity contribution in [3.8, 4) is 0 Å². The number of piperidine rings is 1. The molecule has 1 aliphatic carbocycles. The molecule has 2 rings (SSSR count). The number of aldehydes is 1. The van der Waals surface area contributed by atoms with E-state index in [1.165, 1.54) is 4.90 Å². The molecule has 0 aromatic rings. The highest BCUT2D eigenvalue weighted by molar-refractivity contribution is 5.87. The minimum atomic E-state index is -0.987. The Morgan fingerprint density at radius 3 is 2.47 bits per heavy atom. The van der Waals surface area contributed by atoms with Crippen molar-refractivity contribution in [2.24, 2.45) is 16.2 Å². The lowest BCUT2D eigenvalue weighted by Crippen LogP contribution is -2.61. The van der Waals surface area contributed by atoms with Gasteiger partial charge in [0.2, 0.25) is 5.91 Å². The number of carboxylic acid groups (broad SMARTS) is 1. The van der Waals surface area contributed by atoms with E-state index in [-0.39, 0.29) is 17.9 Å². The van der Waals surface area contributed by atoms with E-state index in [1.807, 2.05) is 20.8 Å². The van der Waals surface area contributed by atoms with Crippen LogP contribution >= 0.6 is 0 Å². The molecular weight excluding hydrogens is 246 g/mol. The number of amides is 1. The Kier molecular flexibility index (Phi) is 2.99. The van der Waals surface area contributed by atoms with Crippen LogP contribution in [0.2, 0.25) is 0 Å². The second-order valence-corrected chi connectivity index (χ2v) is 7.23. The first-order chi connectivity index (χ1) is 8.61. The van der Waals surface area contributed by atoms with Crippen LogP contribution in [-0.2, 0) is 14.4 Å². The van der Waals surface area contributed by atoms with E-state index < -0.39 is 16.8 Å². The highest BCUT2D eigenvalue weighted by Crippen LogP contribution is 2.57. The summed E-state index contributed by atoms with van der Waals surface area (Å²) < 4.78 is 0. The Labute approximate surface area is 113 Å². The van der Waals surface area contributed by atoms with E-state index in [1.54, 1.807) is 0 Å². The van der Waals surface area contributed by atoms with Crippen LogP contribution in [0.4, 0.5) is 0 Å². The number of nitrogens with zero attached hydrogens (tertiary/aromatic N) is 1. The quantitative estimate of drug-likeness (QED) is 0.782. The van der Waals surface area contributed by atoms with Crippen molar-refractivity contribution < 1.29 is 19.5 Å². The molecule has 106 valence electrons. The maximum atomic E-state index is 12.5. The maximum absolute atomic E-state index is 12.5. The Morgan fingerprint density at radius 1 is 1.32 bits per heavy atom. The van der Waals surface area contributed by atoms with Crippen LogP contribution in [0.3, 0.4) is 0 Å². The molecule has 0 spiro atoms. The molecule has 1 amide bonds. The van der Waals surface area contributed by atoms with Gasteiger partial charge in [-0.05, 0) is 24.7 Å². The zero-order valence-electron chi connectivity index (χ0n) is 11.7. The van der Waals surface area contributed by atoms with E-state index in [9.17, 15) is 14.4 Å². The van der Waals surface area contributed by atoms with Crippen LogP contribution in [0.15, 0.2) is 0 Å². The van der Waals surface area contributed by atoms with Gasteiger partial charge < -0.3 is 14.8 Å². The van der Waals surface area contributed by atoms with Crippen molar-refractivity contribution in [1.82, 2.24) is 4.90 Å². The summed E-state index contributed by atoms with van der Waals surface area (Å²) >= 11 is 0.